The Balaban J connectivity index is 2.08. The van der Waals surface area contributed by atoms with Gasteiger partial charge in [0.1, 0.15) is 11.4 Å². The maximum atomic E-state index is 12.5. The first-order valence-corrected chi connectivity index (χ1v) is 9.11. The number of rotatable bonds is 7. The van der Waals surface area contributed by atoms with Crippen LogP contribution in [-0.4, -0.2) is 33.7 Å². The quantitative estimate of drug-likeness (QED) is 0.711. The van der Waals surface area contributed by atoms with E-state index >= 15 is 0 Å². The fourth-order valence-electron chi connectivity index (χ4n) is 2.68. The summed E-state index contributed by atoms with van der Waals surface area (Å²) in [6, 6.07) is 7.14. The van der Waals surface area contributed by atoms with E-state index in [1.54, 1.807) is 13.0 Å². The molecule has 0 aliphatic rings. The van der Waals surface area contributed by atoms with Crippen LogP contribution >= 0.6 is 0 Å². The zero-order chi connectivity index (χ0) is 22.7. The molecule has 2 N–H and O–H groups in total. The maximum Gasteiger partial charge on any atom is 0.573 e. The van der Waals surface area contributed by atoms with Gasteiger partial charge in [0.25, 0.3) is 5.91 Å². The number of pyridine rings is 1. The van der Waals surface area contributed by atoms with Crippen molar-refractivity contribution in [2.75, 3.05) is 0 Å². The van der Waals surface area contributed by atoms with Crippen LogP contribution in [0.15, 0.2) is 30.3 Å². The second-order valence-electron chi connectivity index (χ2n) is 7.48. The van der Waals surface area contributed by atoms with E-state index in [1.807, 2.05) is 0 Å². The highest BCUT2D eigenvalue weighted by molar-refractivity contribution is 5.95. The van der Waals surface area contributed by atoms with E-state index in [0.717, 1.165) is 0 Å². The molecule has 0 fully saturated rings. The second-order valence-corrected chi connectivity index (χ2v) is 7.48. The third-order valence-corrected chi connectivity index (χ3v) is 4.21. The lowest BCUT2D eigenvalue weighted by Crippen LogP contribution is -2.33. The second kappa shape index (κ2) is 8.83. The number of ether oxygens (including phenoxy) is 1. The van der Waals surface area contributed by atoms with Crippen molar-refractivity contribution in [2.45, 2.75) is 52.6 Å². The van der Waals surface area contributed by atoms with Crippen LogP contribution in [0.2, 0.25) is 0 Å². The molecule has 9 heteroatoms. The molecule has 2 rings (SSSR count). The number of aliphatic hydroxyl groups is 1. The van der Waals surface area contributed by atoms with Crippen molar-refractivity contribution < 1.29 is 32.6 Å². The third-order valence-electron chi connectivity index (χ3n) is 4.21. The number of amides is 1. The minimum Gasteiger partial charge on any atom is -0.406 e. The van der Waals surface area contributed by atoms with Gasteiger partial charge in [0.05, 0.1) is 6.42 Å². The smallest absolute Gasteiger partial charge is 0.406 e. The zero-order valence-corrected chi connectivity index (χ0v) is 17.1. The monoisotopic (exact) mass is 424 g/mol. The summed E-state index contributed by atoms with van der Waals surface area (Å²) < 4.78 is 41.0. The fraction of sp³-hybridized carbons (Fsp3) is 0.381. The first-order valence-electron chi connectivity index (χ1n) is 9.11. The molecule has 0 aliphatic carbocycles. The van der Waals surface area contributed by atoms with Gasteiger partial charge in [0.2, 0.25) is 0 Å². The fourth-order valence-corrected chi connectivity index (χ4v) is 2.68. The molecular formula is C21H23F3N2O4. The van der Waals surface area contributed by atoms with Crippen molar-refractivity contribution in [1.29, 1.82) is 0 Å². The Bertz CT molecular complexity index is 950. The summed E-state index contributed by atoms with van der Waals surface area (Å²) >= 11 is 0. The van der Waals surface area contributed by atoms with Crippen LogP contribution in [0.4, 0.5) is 13.2 Å². The molecule has 0 bridgehead atoms. The van der Waals surface area contributed by atoms with Crippen molar-refractivity contribution in [1.82, 2.24) is 10.3 Å². The predicted molar refractivity (Wildman–Crippen MR) is 103 cm³/mol. The first kappa shape index (κ1) is 23.3. The third kappa shape index (κ3) is 6.84. The molecule has 0 spiro atoms. The number of hydrogen-bond donors (Lipinski definition) is 2. The van der Waals surface area contributed by atoms with E-state index in [4.69, 9.17) is 0 Å². The first-order chi connectivity index (χ1) is 13.7. The van der Waals surface area contributed by atoms with Crippen LogP contribution in [0.3, 0.4) is 0 Å². The van der Waals surface area contributed by atoms with E-state index < -0.39 is 23.7 Å². The normalized spacial score (nSPS) is 11.9. The van der Waals surface area contributed by atoms with Crippen molar-refractivity contribution >= 4 is 11.7 Å². The van der Waals surface area contributed by atoms with Gasteiger partial charge in [-0.3, -0.25) is 14.6 Å². The molecule has 0 saturated heterocycles. The molecule has 0 atom stereocenters. The number of aromatic nitrogens is 1. The number of nitrogens with zero attached hydrogens (tertiary/aromatic N) is 1. The van der Waals surface area contributed by atoms with Crippen molar-refractivity contribution in [3.8, 4) is 5.75 Å². The number of benzene rings is 1. The molecule has 6 nitrogen and oxygen atoms in total. The van der Waals surface area contributed by atoms with Gasteiger partial charge in [-0.15, -0.1) is 13.2 Å². The largest absolute Gasteiger partial charge is 0.573 e. The molecule has 2 aromatic rings. The maximum absolute atomic E-state index is 12.5. The Morgan fingerprint density at radius 3 is 2.37 bits per heavy atom. The summed E-state index contributed by atoms with van der Waals surface area (Å²) in [6.45, 7) is 6.00. The van der Waals surface area contributed by atoms with Gasteiger partial charge in [-0.25, -0.2) is 0 Å². The van der Waals surface area contributed by atoms with E-state index in [2.05, 4.69) is 15.0 Å². The molecule has 0 unspecified atom stereocenters. The summed E-state index contributed by atoms with van der Waals surface area (Å²) in [5.41, 5.74) is 0.551. The predicted octanol–water partition coefficient (Wildman–Crippen LogP) is 3.41. The summed E-state index contributed by atoms with van der Waals surface area (Å²) in [6.07, 6.45) is -4.89. The Morgan fingerprint density at radius 1 is 1.13 bits per heavy atom. The zero-order valence-electron chi connectivity index (χ0n) is 17.1. The van der Waals surface area contributed by atoms with Gasteiger partial charge in [-0.1, -0.05) is 12.1 Å². The average Bonchev–Trinajstić information content (AvgIpc) is 2.59. The van der Waals surface area contributed by atoms with Gasteiger partial charge in [0.15, 0.2) is 5.78 Å². The molecule has 0 saturated carbocycles. The Morgan fingerprint density at radius 2 is 1.80 bits per heavy atom. The SMILES string of the molecule is Cc1cc(C(=O)NCc2ccc(OC(F)(F)F)c(C)c2)cc(CC(=O)C(C)(C)O)n1. The number of halogens is 3. The van der Waals surface area contributed by atoms with Gasteiger partial charge >= 0.3 is 6.36 Å². The molecule has 1 aromatic heterocycles. The molecule has 1 heterocycles. The van der Waals surface area contributed by atoms with E-state index in [1.165, 1.54) is 45.0 Å². The van der Waals surface area contributed by atoms with E-state index in [9.17, 15) is 27.9 Å². The molecule has 30 heavy (non-hydrogen) atoms. The number of carbonyl (C=O) groups is 2. The lowest BCUT2D eigenvalue weighted by molar-refractivity contribution is -0.274. The van der Waals surface area contributed by atoms with Gasteiger partial charge < -0.3 is 15.2 Å². The molecular weight excluding hydrogens is 401 g/mol. The Hall–Kier alpha value is -2.94. The van der Waals surface area contributed by atoms with Gasteiger partial charge in [-0.2, -0.15) is 0 Å². The van der Waals surface area contributed by atoms with Crippen LogP contribution in [0.1, 0.15) is 46.7 Å². The van der Waals surface area contributed by atoms with Crippen molar-refractivity contribution in [3.05, 3.63) is 58.4 Å². The number of carbonyl (C=O) groups excluding carboxylic acids is 2. The van der Waals surface area contributed by atoms with Crippen LogP contribution in [0.5, 0.6) is 5.75 Å². The number of Topliss-reactive ketones (excluding diaryl/α,β-unsaturated/α-hetero) is 1. The van der Waals surface area contributed by atoms with Crippen LogP contribution in [0.25, 0.3) is 0 Å². The average molecular weight is 424 g/mol. The lowest BCUT2D eigenvalue weighted by atomic mass is 9.98. The highest BCUT2D eigenvalue weighted by Gasteiger charge is 2.31. The number of alkyl halides is 3. The summed E-state index contributed by atoms with van der Waals surface area (Å²) in [7, 11) is 0. The molecule has 1 aromatic carbocycles. The van der Waals surface area contributed by atoms with Crippen LogP contribution in [0, 0.1) is 13.8 Å². The summed E-state index contributed by atoms with van der Waals surface area (Å²) in [5.74, 6) is -1.15. The van der Waals surface area contributed by atoms with E-state index in [0.29, 0.717) is 17.0 Å². The Labute approximate surface area is 172 Å². The number of nitrogens with one attached hydrogen (secondary N) is 1. The molecule has 162 valence electrons. The highest BCUT2D eigenvalue weighted by Crippen LogP contribution is 2.26. The van der Waals surface area contributed by atoms with Crippen molar-refractivity contribution in [3.63, 3.8) is 0 Å². The molecule has 0 radical (unpaired) electrons. The van der Waals surface area contributed by atoms with Gasteiger partial charge in [0, 0.05) is 23.5 Å². The standard InChI is InChI=1S/C21H23F3N2O4/c1-12-7-14(5-6-17(12)30-21(22,23)24)11-25-19(28)15-8-13(2)26-16(9-15)10-18(27)20(3,4)29/h5-9,29H,10-11H2,1-4H3,(H,25,28). The topological polar surface area (TPSA) is 88.5 Å². The lowest BCUT2D eigenvalue weighted by Gasteiger charge is -2.15. The summed E-state index contributed by atoms with van der Waals surface area (Å²) in [5, 5.41) is 12.5. The molecule has 1 amide bonds. The highest BCUT2D eigenvalue weighted by atomic mass is 19.4. The number of aryl methyl sites for hydroxylation is 2. The number of hydrogen-bond acceptors (Lipinski definition) is 5. The van der Waals surface area contributed by atoms with Crippen LogP contribution in [-0.2, 0) is 17.8 Å². The van der Waals surface area contributed by atoms with Crippen molar-refractivity contribution in [2.24, 2.45) is 0 Å². The Kier molecular flexibility index (Phi) is 6.87. The summed E-state index contributed by atoms with van der Waals surface area (Å²) in [4.78, 5) is 28.7. The van der Waals surface area contributed by atoms with E-state index in [-0.39, 0.29) is 29.8 Å². The number of ketones is 1. The molecule has 0 aliphatic heterocycles. The minimum atomic E-state index is -4.77. The van der Waals surface area contributed by atoms with Gasteiger partial charge in [-0.05, 0) is 57.0 Å². The van der Waals surface area contributed by atoms with Crippen LogP contribution < -0.4 is 10.1 Å². The minimum absolute atomic E-state index is 0.0886.